The first kappa shape index (κ1) is 19.4. The molecule has 1 aliphatic rings. The van der Waals surface area contributed by atoms with Gasteiger partial charge in [0.1, 0.15) is 12.1 Å². The lowest BCUT2D eigenvalue weighted by Crippen LogP contribution is -2.53. The normalized spacial score (nSPS) is 20.5. The van der Waals surface area contributed by atoms with Gasteiger partial charge in [0.2, 0.25) is 5.91 Å². The molecule has 1 saturated heterocycles. The molecular formula is C16H28N2O5. The van der Waals surface area contributed by atoms with E-state index in [2.05, 4.69) is 19.2 Å². The summed E-state index contributed by atoms with van der Waals surface area (Å²) in [4.78, 5) is 36.3. The molecule has 0 saturated carbocycles. The molecular weight excluding hydrogens is 300 g/mol. The first-order chi connectivity index (χ1) is 10.7. The lowest BCUT2D eigenvalue weighted by Gasteiger charge is -2.27. The van der Waals surface area contributed by atoms with E-state index < -0.39 is 30.1 Å². The van der Waals surface area contributed by atoms with Gasteiger partial charge < -0.3 is 15.1 Å². The van der Waals surface area contributed by atoms with Gasteiger partial charge in [0.15, 0.2) is 0 Å². The van der Waals surface area contributed by atoms with E-state index in [0.29, 0.717) is 31.7 Å². The largest absolute Gasteiger partial charge is 0.480 e. The number of nitrogens with one attached hydrogen (secondary N) is 1. The number of aliphatic carboxylic acids is 2. The number of rotatable bonds is 9. The van der Waals surface area contributed by atoms with Crippen LogP contribution in [0.1, 0.15) is 52.9 Å². The number of carboxylic acid groups (broad SMARTS) is 2. The summed E-state index contributed by atoms with van der Waals surface area (Å²) >= 11 is 0. The van der Waals surface area contributed by atoms with Gasteiger partial charge >= 0.3 is 11.9 Å². The maximum absolute atomic E-state index is 12.4. The Kier molecular flexibility index (Phi) is 7.48. The van der Waals surface area contributed by atoms with Gasteiger partial charge in [-0.2, -0.15) is 0 Å². The van der Waals surface area contributed by atoms with Crippen molar-refractivity contribution in [1.82, 2.24) is 10.2 Å². The Morgan fingerprint density at radius 3 is 2.35 bits per heavy atom. The fraction of sp³-hybridized carbons (Fsp3) is 0.812. The minimum atomic E-state index is -1.00. The molecule has 23 heavy (non-hydrogen) atoms. The Labute approximate surface area is 137 Å². The van der Waals surface area contributed by atoms with Gasteiger partial charge in [0.05, 0.1) is 6.04 Å². The van der Waals surface area contributed by atoms with E-state index >= 15 is 0 Å². The third-order valence-corrected chi connectivity index (χ3v) is 4.21. The number of hydrogen-bond donors (Lipinski definition) is 3. The van der Waals surface area contributed by atoms with E-state index in [1.165, 1.54) is 4.90 Å². The number of carbonyl (C=O) groups is 3. The van der Waals surface area contributed by atoms with Gasteiger partial charge in [-0.25, -0.2) is 4.79 Å². The van der Waals surface area contributed by atoms with Crippen molar-refractivity contribution in [3.05, 3.63) is 0 Å². The Bertz CT molecular complexity index is 438. The second-order valence-electron chi connectivity index (χ2n) is 6.63. The number of nitrogens with zero attached hydrogens (tertiary/aromatic N) is 1. The summed E-state index contributed by atoms with van der Waals surface area (Å²) in [6.45, 7) is 6.16. The fourth-order valence-electron chi connectivity index (χ4n) is 2.92. The average Bonchev–Trinajstić information content (AvgIpc) is 2.94. The minimum absolute atomic E-state index is 0.343. The van der Waals surface area contributed by atoms with Crippen LogP contribution in [0.25, 0.3) is 0 Å². The van der Waals surface area contributed by atoms with Crippen LogP contribution < -0.4 is 5.32 Å². The van der Waals surface area contributed by atoms with Crippen molar-refractivity contribution in [3.8, 4) is 0 Å². The zero-order valence-corrected chi connectivity index (χ0v) is 14.1. The summed E-state index contributed by atoms with van der Waals surface area (Å²) in [5.41, 5.74) is 0. The first-order valence-electron chi connectivity index (χ1n) is 8.26. The summed E-state index contributed by atoms with van der Waals surface area (Å²) in [5.74, 6) is -1.83. The summed E-state index contributed by atoms with van der Waals surface area (Å²) in [7, 11) is 0. The number of carbonyl (C=O) groups excluding carboxylic acids is 1. The van der Waals surface area contributed by atoms with Crippen LogP contribution in [0.15, 0.2) is 0 Å². The topological polar surface area (TPSA) is 107 Å². The van der Waals surface area contributed by atoms with Crippen molar-refractivity contribution < 1.29 is 24.6 Å². The summed E-state index contributed by atoms with van der Waals surface area (Å²) < 4.78 is 0. The van der Waals surface area contributed by atoms with Gasteiger partial charge in [-0.05, 0) is 32.1 Å². The molecule has 1 heterocycles. The lowest BCUT2D eigenvalue weighted by atomic mass is 10.0. The van der Waals surface area contributed by atoms with Crippen molar-refractivity contribution in [2.45, 2.75) is 71.0 Å². The molecule has 1 fully saturated rings. The van der Waals surface area contributed by atoms with E-state index in [-0.39, 0.29) is 5.91 Å². The Hall–Kier alpha value is -1.63. The second kappa shape index (κ2) is 8.86. The van der Waals surface area contributed by atoms with Crippen LogP contribution in [0.2, 0.25) is 0 Å². The van der Waals surface area contributed by atoms with E-state index in [9.17, 15) is 19.5 Å². The standard InChI is InChI=1S/C16H28N2O5/c1-10(2)6-4-7-12(15(20)21)17-11(3)14(19)18-9-5-8-13(18)16(22)23/h10-13,17H,4-9H2,1-3H3,(H,20,21)(H,22,23)/t11-,12?,13-/m0/s1. The van der Waals surface area contributed by atoms with Crippen molar-refractivity contribution in [2.75, 3.05) is 6.54 Å². The van der Waals surface area contributed by atoms with Crippen LogP contribution in [0.4, 0.5) is 0 Å². The minimum Gasteiger partial charge on any atom is -0.480 e. The molecule has 3 atom stereocenters. The molecule has 1 rings (SSSR count). The van der Waals surface area contributed by atoms with Crippen LogP contribution in [-0.2, 0) is 14.4 Å². The predicted octanol–water partition coefficient (Wildman–Crippen LogP) is 1.32. The fourth-order valence-corrected chi connectivity index (χ4v) is 2.92. The molecule has 0 radical (unpaired) electrons. The maximum atomic E-state index is 12.4. The van der Waals surface area contributed by atoms with Gasteiger partial charge in [0.25, 0.3) is 0 Å². The quantitative estimate of drug-likeness (QED) is 0.589. The molecule has 7 nitrogen and oxygen atoms in total. The Morgan fingerprint density at radius 2 is 1.83 bits per heavy atom. The third kappa shape index (κ3) is 5.82. The SMILES string of the molecule is CC(C)CCCC(N[C@@H](C)C(=O)N1CCC[C@H]1C(=O)O)C(=O)O. The molecule has 1 unspecified atom stereocenters. The van der Waals surface area contributed by atoms with Crippen molar-refractivity contribution >= 4 is 17.8 Å². The molecule has 0 aromatic carbocycles. The Balaban J connectivity index is 2.59. The molecule has 0 bridgehead atoms. The lowest BCUT2D eigenvalue weighted by molar-refractivity contribution is -0.149. The molecule has 1 aliphatic heterocycles. The monoisotopic (exact) mass is 328 g/mol. The molecule has 0 spiro atoms. The Morgan fingerprint density at radius 1 is 1.17 bits per heavy atom. The van der Waals surface area contributed by atoms with Crippen LogP contribution in [0.5, 0.6) is 0 Å². The summed E-state index contributed by atoms with van der Waals surface area (Å²) in [6, 6.07) is -2.30. The zero-order valence-electron chi connectivity index (χ0n) is 14.1. The van der Waals surface area contributed by atoms with Crippen LogP contribution in [0.3, 0.4) is 0 Å². The smallest absolute Gasteiger partial charge is 0.326 e. The van der Waals surface area contributed by atoms with Crippen molar-refractivity contribution in [3.63, 3.8) is 0 Å². The highest BCUT2D eigenvalue weighted by atomic mass is 16.4. The molecule has 1 amide bonds. The maximum Gasteiger partial charge on any atom is 0.326 e. The number of amides is 1. The van der Waals surface area contributed by atoms with Crippen LogP contribution >= 0.6 is 0 Å². The third-order valence-electron chi connectivity index (χ3n) is 4.21. The van der Waals surface area contributed by atoms with Crippen molar-refractivity contribution in [2.24, 2.45) is 5.92 Å². The van der Waals surface area contributed by atoms with Gasteiger partial charge in [0, 0.05) is 6.54 Å². The van der Waals surface area contributed by atoms with Gasteiger partial charge in [-0.15, -0.1) is 0 Å². The molecule has 0 aromatic rings. The van der Waals surface area contributed by atoms with Crippen LogP contribution in [0, 0.1) is 5.92 Å². The second-order valence-corrected chi connectivity index (χ2v) is 6.63. The van der Waals surface area contributed by atoms with Gasteiger partial charge in [-0.1, -0.05) is 26.7 Å². The van der Waals surface area contributed by atoms with Crippen LogP contribution in [-0.4, -0.2) is 57.6 Å². The summed E-state index contributed by atoms with van der Waals surface area (Å²) in [5, 5.41) is 21.3. The van der Waals surface area contributed by atoms with E-state index in [1.54, 1.807) is 6.92 Å². The highest BCUT2D eigenvalue weighted by molar-refractivity contribution is 5.88. The highest BCUT2D eigenvalue weighted by Crippen LogP contribution is 2.19. The van der Waals surface area contributed by atoms with Crippen molar-refractivity contribution in [1.29, 1.82) is 0 Å². The molecule has 0 aromatic heterocycles. The zero-order chi connectivity index (χ0) is 17.6. The van der Waals surface area contributed by atoms with E-state index in [4.69, 9.17) is 5.11 Å². The number of carboxylic acids is 2. The van der Waals surface area contributed by atoms with Gasteiger partial charge in [-0.3, -0.25) is 14.9 Å². The molecule has 0 aliphatic carbocycles. The number of hydrogen-bond acceptors (Lipinski definition) is 4. The predicted molar refractivity (Wildman–Crippen MR) is 85.1 cm³/mol. The molecule has 7 heteroatoms. The molecule has 3 N–H and O–H groups in total. The van der Waals surface area contributed by atoms with E-state index in [0.717, 1.165) is 12.8 Å². The average molecular weight is 328 g/mol. The molecule has 132 valence electrons. The highest BCUT2D eigenvalue weighted by Gasteiger charge is 2.36. The summed E-state index contributed by atoms with van der Waals surface area (Å²) in [6.07, 6.45) is 3.26. The number of likely N-dealkylation sites (tertiary alicyclic amines) is 1. The van der Waals surface area contributed by atoms with E-state index in [1.807, 2.05) is 0 Å². The first-order valence-corrected chi connectivity index (χ1v) is 8.26.